The maximum atomic E-state index is 12.1. The Morgan fingerprint density at radius 3 is 1.84 bits per heavy atom. The Balaban J connectivity index is 1.49. The maximum absolute atomic E-state index is 12.1. The summed E-state index contributed by atoms with van der Waals surface area (Å²) >= 11 is 0. The summed E-state index contributed by atoms with van der Waals surface area (Å²) in [5.41, 5.74) is 6.84. The van der Waals surface area contributed by atoms with Crippen molar-refractivity contribution >= 4 is 6.08 Å². The number of nitrogens with zero attached hydrogens (tertiary/aromatic N) is 3. The summed E-state index contributed by atoms with van der Waals surface area (Å²) in [5.74, 6) is 2.24. The molecule has 9 heteroatoms. The van der Waals surface area contributed by atoms with Crippen LogP contribution in [0.3, 0.4) is 0 Å². The summed E-state index contributed by atoms with van der Waals surface area (Å²) < 4.78 is 23.8. The highest BCUT2D eigenvalue weighted by Gasteiger charge is 2.57. The van der Waals surface area contributed by atoms with E-state index in [-0.39, 0.29) is 29.6 Å². The number of benzene rings is 4. The summed E-state index contributed by atoms with van der Waals surface area (Å²) in [7, 11) is 6.41. The second-order valence-electron chi connectivity index (χ2n) is 13.6. The molecule has 9 nitrogen and oxygen atoms in total. The van der Waals surface area contributed by atoms with Crippen molar-refractivity contribution in [1.29, 1.82) is 5.26 Å². The van der Waals surface area contributed by atoms with Crippen molar-refractivity contribution < 1.29 is 29.2 Å². The Bertz CT molecular complexity index is 2010. The van der Waals surface area contributed by atoms with E-state index in [4.69, 9.17) is 18.9 Å². The first-order valence-electron chi connectivity index (χ1n) is 17.4. The molecular weight excluding hydrogens is 642 g/mol. The monoisotopic (exact) mass is 687 g/mol. The van der Waals surface area contributed by atoms with Gasteiger partial charge in [-0.1, -0.05) is 72.8 Å². The van der Waals surface area contributed by atoms with Gasteiger partial charge in [-0.2, -0.15) is 5.26 Å². The average Bonchev–Trinajstić information content (AvgIpc) is 3.13. The number of piperazine rings is 1. The summed E-state index contributed by atoms with van der Waals surface area (Å²) in [4.78, 5) is 4.68. The van der Waals surface area contributed by atoms with Gasteiger partial charge in [-0.3, -0.25) is 9.80 Å². The summed E-state index contributed by atoms with van der Waals surface area (Å²) in [6.45, 7) is 4.34. The summed E-state index contributed by atoms with van der Waals surface area (Å²) in [5, 5.41) is 35.4. The highest BCUT2D eigenvalue weighted by atomic mass is 16.5. The van der Waals surface area contributed by atoms with E-state index in [1.807, 2.05) is 50.2 Å². The van der Waals surface area contributed by atoms with Gasteiger partial charge in [0.15, 0.2) is 23.0 Å². The molecule has 0 radical (unpaired) electrons. The van der Waals surface area contributed by atoms with Crippen LogP contribution < -0.4 is 18.9 Å². The minimum absolute atomic E-state index is 0.0717. The molecular formula is C42H45N3O6. The molecule has 0 spiro atoms. The zero-order chi connectivity index (χ0) is 36.0. The molecule has 4 aromatic rings. The number of phenols is 2. The Morgan fingerprint density at radius 1 is 0.745 bits per heavy atom. The van der Waals surface area contributed by atoms with Crippen LogP contribution in [0, 0.1) is 25.2 Å². The zero-order valence-electron chi connectivity index (χ0n) is 30.0. The number of fused-ring (bicyclic) bond motifs is 7. The second-order valence-corrected chi connectivity index (χ2v) is 13.6. The highest BCUT2D eigenvalue weighted by Crippen LogP contribution is 2.59. The standard InChI is InChI=1S/C42H45N3O6/c1-24-39(48-3)28-22-32-36-35-29(40(49-4)25(2)42(51-6)38(35)47)21-30(44(36)19-13-18-26-14-9-7-10-15-26)33(23-43)45(32)31(20-27-16-11-8-12-17-27)34(28)37(46)41(24)50-5/h7-18,30-33,36,46-47H,19-22H2,1-6H3/b18-13+/t30-,31-,32-,33-,36-/m0/s1. The lowest BCUT2D eigenvalue weighted by Gasteiger charge is -2.60. The minimum atomic E-state index is -0.571. The van der Waals surface area contributed by atoms with E-state index in [0.29, 0.717) is 59.9 Å². The van der Waals surface area contributed by atoms with Gasteiger partial charge in [0.05, 0.1) is 40.6 Å². The number of nitriles is 1. The Kier molecular flexibility index (Phi) is 9.32. The molecule has 7 rings (SSSR count). The molecule has 0 unspecified atom stereocenters. The smallest absolute Gasteiger partial charge is 0.167 e. The Labute approximate surface area is 299 Å². The van der Waals surface area contributed by atoms with Crippen molar-refractivity contribution in [1.82, 2.24) is 9.80 Å². The topological polar surface area (TPSA) is 108 Å². The maximum Gasteiger partial charge on any atom is 0.167 e. The fraction of sp³-hybridized carbons (Fsp3) is 0.357. The first kappa shape index (κ1) is 34.3. The fourth-order valence-corrected chi connectivity index (χ4v) is 9.22. The molecule has 1 saturated heterocycles. The molecule has 2 bridgehead atoms. The van der Waals surface area contributed by atoms with Crippen LogP contribution in [0.2, 0.25) is 0 Å². The fourth-order valence-electron chi connectivity index (χ4n) is 9.22. The number of phenolic OH excluding ortho intramolecular Hbond substituents is 2. The first-order valence-corrected chi connectivity index (χ1v) is 17.4. The van der Waals surface area contributed by atoms with Crippen molar-refractivity contribution in [2.45, 2.75) is 63.3 Å². The summed E-state index contributed by atoms with van der Waals surface area (Å²) in [6.07, 6.45) is 5.72. The van der Waals surface area contributed by atoms with Crippen LogP contribution in [0.15, 0.2) is 66.7 Å². The molecule has 3 aliphatic heterocycles. The van der Waals surface area contributed by atoms with Gasteiger partial charge in [-0.05, 0) is 44.2 Å². The predicted molar refractivity (Wildman–Crippen MR) is 196 cm³/mol. The quantitative estimate of drug-likeness (QED) is 0.196. The Morgan fingerprint density at radius 2 is 1.27 bits per heavy atom. The van der Waals surface area contributed by atoms with Gasteiger partial charge in [0.25, 0.3) is 0 Å². The second kappa shape index (κ2) is 13.9. The third-order valence-corrected chi connectivity index (χ3v) is 11.2. The molecule has 5 atom stereocenters. The molecule has 3 aliphatic rings. The van der Waals surface area contributed by atoms with Gasteiger partial charge in [-0.15, -0.1) is 0 Å². The van der Waals surface area contributed by atoms with Gasteiger partial charge in [0.2, 0.25) is 0 Å². The molecule has 0 aromatic heterocycles. The van der Waals surface area contributed by atoms with Crippen LogP contribution in [-0.2, 0) is 19.3 Å². The van der Waals surface area contributed by atoms with E-state index in [1.54, 1.807) is 28.4 Å². The van der Waals surface area contributed by atoms with Crippen LogP contribution in [0.5, 0.6) is 34.5 Å². The first-order chi connectivity index (χ1) is 24.8. The largest absolute Gasteiger partial charge is 0.504 e. The lowest BCUT2D eigenvalue weighted by molar-refractivity contribution is -0.0799. The summed E-state index contributed by atoms with van der Waals surface area (Å²) in [6, 6.07) is 21.1. The molecule has 2 N–H and O–H groups in total. The molecule has 4 aromatic carbocycles. The van der Waals surface area contributed by atoms with E-state index in [0.717, 1.165) is 33.4 Å². The molecule has 0 saturated carbocycles. The van der Waals surface area contributed by atoms with E-state index in [9.17, 15) is 15.5 Å². The van der Waals surface area contributed by atoms with E-state index in [1.165, 1.54) is 0 Å². The van der Waals surface area contributed by atoms with Crippen LogP contribution in [0.4, 0.5) is 0 Å². The van der Waals surface area contributed by atoms with Crippen LogP contribution in [0.1, 0.15) is 56.6 Å². The van der Waals surface area contributed by atoms with Crippen molar-refractivity contribution in [2.75, 3.05) is 35.0 Å². The third-order valence-electron chi connectivity index (χ3n) is 11.2. The van der Waals surface area contributed by atoms with E-state index < -0.39 is 12.1 Å². The number of rotatable bonds is 9. The van der Waals surface area contributed by atoms with Gasteiger partial charge in [-0.25, -0.2) is 0 Å². The van der Waals surface area contributed by atoms with Gasteiger partial charge < -0.3 is 29.2 Å². The van der Waals surface area contributed by atoms with Crippen molar-refractivity contribution in [3.05, 3.63) is 111 Å². The SMILES string of the molecule is COc1c(C)c(OC)c2c(c1O)[C@@H]1[C@@H]3Cc4c(OC)c(C)c(OC)c(O)c4[C@H](Cc4ccccc4)N3[C@@H](C#N)[C@H](C2)N1C/C=C/c1ccccc1. The Hall–Kier alpha value is -5.17. The normalized spacial score (nSPS) is 22.4. The molecule has 3 heterocycles. The van der Waals surface area contributed by atoms with Crippen LogP contribution in [-0.4, -0.2) is 73.1 Å². The van der Waals surface area contributed by atoms with Crippen LogP contribution >= 0.6 is 0 Å². The van der Waals surface area contributed by atoms with Gasteiger partial charge >= 0.3 is 0 Å². The average molecular weight is 688 g/mol. The lowest BCUT2D eigenvalue weighted by atomic mass is 9.70. The van der Waals surface area contributed by atoms with Crippen molar-refractivity contribution in [2.24, 2.45) is 0 Å². The lowest BCUT2D eigenvalue weighted by Crippen LogP contribution is -2.69. The highest BCUT2D eigenvalue weighted by molar-refractivity contribution is 5.67. The van der Waals surface area contributed by atoms with Crippen molar-refractivity contribution in [3.63, 3.8) is 0 Å². The number of ether oxygens (including phenoxy) is 4. The number of aromatic hydroxyl groups is 2. The third kappa shape index (κ3) is 5.45. The van der Waals surface area contributed by atoms with Gasteiger partial charge in [0.1, 0.15) is 17.5 Å². The molecule has 0 aliphatic carbocycles. The van der Waals surface area contributed by atoms with E-state index in [2.05, 4.69) is 52.3 Å². The predicted octanol–water partition coefficient (Wildman–Crippen LogP) is 6.85. The van der Waals surface area contributed by atoms with Crippen LogP contribution in [0.25, 0.3) is 6.08 Å². The zero-order valence-corrected chi connectivity index (χ0v) is 30.0. The van der Waals surface area contributed by atoms with E-state index >= 15 is 0 Å². The minimum Gasteiger partial charge on any atom is -0.504 e. The number of hydrogen-bond donors (Lipinski definition) is 2. The molecule has 0 amide bonds. The van der Waals surface area contributed by atoms with Crippen molar-refractivity contribution in [3.8, 4) is 40.6 Å². The molecule has 51 heavy (non-hydrogen) atoms. The number of methoxy groups -OCH3 is 4. The number of hydrogen-bond acceptors (Lipinski definition) is 9. The van der Waals surface area contributed by atoms with Gasteiger partial charge in [0, 0.05) is 58.1 Å². The molecule has 264 valence electrons. The molecule has 1 fully saturated rings.